The molecule has 1 aromatic heterocycles. The number of ketones is 1. The van der Waals surface area contributed by atoms with Crippen molar-refractivity contribution >= 4 is 43.7 Å². The lowest BCUT2D eigenvalue weighted by molar-refractivity contribution is -0.235. The second-order valence-electron chi connectivity index (χ2n) is 11.6. The Labute approximate surface area is 278 Å². The number of amides is 1. The first-order chi connectivity index (χ1) is 22.4. The summed E-state index contributed by atoms with van der Waals surface area (Å²) in [4.78, 5) is 63.4. The number of anilines is 1. The maximum atomic E-state index is 13.2. The van der Waals surface area contributed by atoms with E-state index in [0.29, 0.717) is 12.2 Å². The van der Waals surface area contributed by atoms with Crippen LogP contribution in [0.3, 0.4) is 0 Å². The normalized spacial score (nSPS) is 31.5. The molecule has 22 heteroatoms. The summed E-state index contributed by atoms with van der Waals surface area (Å²) in [5.41, 5.74) is 1.75. The number of aliphatic hydroxyl groups is 6. The molecular weight excluding hydrogens is 687 g/mol. The number of carbonyl (C=O) groups excluding carboxylic acids is 2. The molecule has 3 unspecified atom stereocenters. The van der Waals surface area contributed by atoms with E-state index in [9.17, 15) is 64.4 Å². The van der Waals surface area contributed by atoms with Crippen molar-refractivity contribution in [3.8, 4) is 0 Å². The second-order valence-corrected chi connectivity index (χ2v) is 13.9. The van der Waals surface area contributed by atoms with Crippen LogP contribution in [-0.2, 0) is 32.9 Å². The van der Waals surface area contributed by atoms with Gasteiger partial charge in [0.15, 0.2) is 17.6 Å². The molecular formula is C26H41N4O16PS. The molecule has 1 amide bonds. The molecule has 0 saturated carbocycles. The van der Waals surface area contributed by atoms with Crippen LogP contribution < -0.4 is 16.7 Å². The number of hydrogen-bond donors (Lipinski definition) is 11. The summed E-state index contributed by atoms with van der Waals surface area (Å²) in [5.74, 6) is -4.10. The number of carboxylic acids is 1. The third-order valence-corrected chi connectivity index (χ3v) is 9.77. The molecule has 20 nitrogen and oxygen atoms in total. The fourth-order valence-electron chi connectivity index (χ4n) is 5.45. The predicted octanol–water partition coefficient (Wildman–Crippen LogP) is -4.26. The number of rotatable bonds is 17. The van der Waals surface area contributed by atoms with Crippen molar-refractivity contribution in [2.45, 2.75) is 80.2 Å². The molecule has 0 bridgehead atoms. The van der Waals surface area contributed by atoms with Gasteiger partial charge in [0.05, 0.1) is 38.1 Å². The lowest BCUT2D eigenvalue weighted by Crippen LogP contribution is -2.62. The minimum Gasteiger partial charge on any atom is -0.479 e. The Kier molecular flexibility index (Phi) is 14.1. The molecule has 1 aromatic rings. The predicted molar refractivity (Wildman–Crippen MR) is 164 cm³/mol. The van der Waals surface area contributed by atoms with Crippen LogP contribution in [0.4, 0.5) is 5.82 Å². The summed E-state index contributed by atoms with van der Waals surface area (Å²) in [6.45, 7) is -2.45. The summed E-state index contributed by atoms with van der Waals surface area (Å²) >= 11 is 4.00. The van der Waals surface area contributed by atoms with Crippen molar-refractivity contribution in [1.29, 1.82) is 0 Å². The van der Waals surface area contributed by atoms with Gasteiger partial charge in [-0.2, -0.15) is 17.6 Å². The highest BCUT2D eigenvalue weighted by molar-refractivity contribution is 7.80. The topological polar surface area (TPSA) is 331 Å². The van der Waals surface area contributed by atoms with Gasteiger partial charge in [0.25, 0.3) is 0 Å². The summed E-state index contributed by atoms with van der Waals surface area (Å²) in [7, 11) is -5.08. The number of hydrogen-bond acceptors (Lipinski definition) is 17. The standard InChI is InChI=1S/C26H41N4O16PS/c27-17-3-4-30(25(41)29-17)23-21(38)20(37)16(45-23)10-44-47(42,43)11-26(24(39)40)7-14(33)13(22(46-26)19(36)15(34)9-31)6-12(32)8-28-18(35)2-1-5-48/h3-4,13-16,19-23,31,33-34,36-38,48H,1-2,5-11H2,(H,28,35)(H,39,40)(H,42,43)(H2,27,29,41)/t13-,14-,15-,16-,19-,20+,21?,22?,23-,26-/m1/s1. The van der Waals surface area contributed by atoms with Gasteiger partial charge in [0, 0.05) is 31.4 Å². The molecule has 2 saturated heterocycles. The number of Topliss-reactive ketones (excluding diaryl/α,β-unsaturated/α-hetero) is 1. The molecule has 2 fully saturated rings. The van der Waals surface area contributed by atoms with Crippen LogP contribution in [0.15, 0.2) is 17.1 Å². The van der Waals surface area contributed by atoms with Crippen LogP contribution in [-0.4, -0.2) is 148 Å². The number of nitrogens with two attached hydrogens (primary N) is 1. The van der Waals surface area contributed by atoms with E-state index in [4.69, 9.17) is 19.7 Å². The van der Waals surface area contributed by atoms with Gasteiger partial charge in [0.1, 0.15) is 36.3 Å². The summed E-state index contributed by atoms with van der Waals surface area (Å²) in [5, 5.41) is 74.7. The van der Waals surface area contributed by atoms with E-state index in [1.165, 1.54) is 6.07 Å². The number of carboxylic acid groups (broad SMARTS) is 1. The zero-order chi connectivity index (χ0) is 36.0. The summed E-state index contributed by atoms with van der Waals surface area (Å²) in [6.07, 6.45) is -15.4. The van der Waals surface area contributed by atoms with Crippen LogP contribution in [0.25, 0.3) is 0 Å². The number of thiol groups is 1. The molecule has 0 aromatic carbocycles. The minimum absolute atomic E-state index is 0.0908. The number of ether oxygens (including phenoxy) is 2. The fraction of sp³-hybridized carbons (Fsp3) is 0.731. The van der Waals surface area contributed by atoms with E-state index in [2.05, 4.69) is 22.9 Å². The van der Waals surface area contributed by atoms with Gasteiger partial charge < -0.3 is 65.7 Å². The molecule has 2 aliphatic rings. The van der Waals surface area contributed by atoms with E-state index in [0.717, 1.165) is 10.8 Å². The third-order valence-electron chi connectivity index (χ3n) is 7.99. The first-order valence-electron chi connectivity index (χ1n) is 14.7. The van der Waals surface area contributed by atoms with Gasteiger partial charge in [-0.1, -0.05) is 0 Å². The van der Waals surface area contributed by atoms with Crippen molar-refractivity contribution in [1.82, 2.24) is 14.9 Å². The van der Waals surface area contributed by atoms with Gasteiger partial charge in [-0.15, -0.1) is 0 Å². The van der Waals surface area contributed by atoms with Crippen molar-refractivity contribution in [3.63, 3.8) is 0 Å². The molecule has 11 atom stereocenters. The quantitative estimate of drug-likeness (QED) is 0.0534. The van der Waals surface area contributed by atoms with E-state index in [1.54, 1.807) is 0 Å². The Morgan fingerprint density at radius 1 is 1.25 bits per heavy atom. The molecule has 11 N–H and O–H groups in total. The number of nitrogens with zero attached hydrogens (tertiary/aromatic N) is 2. The number of aliphatic hydroxyl groups excluding tert-OH is 6. The molecule has 3 heterocycles. The summed E-state index contributed by atoms with van der Waals surface area (Å²) in [6, 6.07) is 1.22. The van der Waals surface area contributed by atoms with Gasteiger partial charge in [-0.25, -0.2) is 9.59 Å². The Morgan fingerprint density at radius 3 is 2.54 bits per heavy atom. The highest BCUT2D eigenvalue weighted by Gasteiger charge is 2.57. The van der Waals surface area contributed by atoms with Crippen LogP contribution >= 0.6 is 20.2 Å². The number of nitrogens with one attached hydrogen (secondary N) is 1. The van der Waals surface area contributed by atoms with Gasteiger partial charge in [0.2, 0.25) is 5.91 Å². The number of aliphatic carboxylic acids is 1. The fourth-order valence-corrected chi connectivity index (χ4v) is 7.06. The molecule has 272 valence electrons. The Balaban J connectivity index is 1.76. The molecule has 3 rings (SSSR count). The maximum Gasteiger partial charge on any atom is 0.351 e. The van der Waals surface area contributed by atoms with Crippen LogP contribution in [0.2, 0.25) is 0 Å². The average molecular weight is 729 g/mol. The average Bonchev–Trinajstić information content (AvgIpc) is 3.30. The van der Waals surface area contributed by atoms with Crippen molar-refractivity contribution in [2.75, 3.05) is 37.4 Å². The van der Waals surface area contributed by atoms with Gasteiger partial charge >= 0.3 is 19.3 Å². The van der Waals surface area contributed by atoms with Gasteiger partial charge in [-0.3, -0.25) is 18.7 Å². The number of aromatic nitrogens is 2. The highest BCUT2D eigenvalue weighted by Crippen LogP contribution is 2.50. The molecule has 0 aliphatic carbocycles. The second kappa shape index (κ2) is 16.9. The Bertz CT molecular complexity index is 1400. The van der Waals surface area contributed by atoms with Gasteiger partial charge in [-0.05, 0) is 18.2 Å². The van der Waals surface area contributed by atoms with E-state index < -0.39 is 130 Å². The van der Waals surface area contributed by atoms with Crippen LogP contribution in [0.5, 0.6) is 0 Å². The maximum absolute atomic E-state index is 13.2. The lowest BCUT2D eigenvalue weighted by Gasteiger charge is -2.47. The first-order valence-corrected chi connectivity index (χ1v) is 17.1. The van der Waals surface area contributed by atoms with Crippen LogP contribution in [0.1, 0.15) is 31.9 Å². The van der Waals surface area contributed by atoms with Crippen molar-refractivity contribution in [3.05, 3.63) is 22.7 Å². The Hall–Kier alpha value is -2.53. The zero-order valence-corrected chi connectivity index (χ0v) is 27.2. The molecule has 2 aliphatic heterocycles. The SMILES string of the molecule is Nc1ccn([C@@H]2O[C@H](COP(=O)(O)C[C@@]3(C(=O)O)C[C@@H](O)[C@@H](CC(=O)CNC(=O)CCCS)C([C@H](O)[C@H](O)CO)O3)[C@H](O)C2O)c(=O)n1. The highest BCUT2D eigenvalue weighted by atomic mass is 32.1. The first kappa shape index (κ1) is 39.9. The number of carbonyl (C=O) groups is 3. The third kappa shape index (κ3) is 9.79. The van der Waals surface area contributed by atoms with E-state index >= 15 is 0 Å². The molecule has 0 spiro atoms. The van der Waals surface area contributed by atoms with Crippen LogP contribution in [0, 0.1) is 5.92 Å². The smallest absolute Gasteiger partial charge is 0.351 e. The van der Waals surface area contributed by atoms with E-state index in [-0.39, 0.29) is 12.2 Å². The zero-order valence-electron chi connectivity index (χ0n) is 25.4. The Morgan fingerprint density at radius 2 is 1.94 bits per heavy atom. The lowest BCUT2D eigenvalue weighted by atomic mass is 9.78. The van der Waals surface area contributed by atoms with Crippen molar-refractivity contribution in [2.24, 2.45) is 5.92 Å². The molecule has 0 radical (unpaired) electrons. The molecule has 48 heavy (non-hydrogen) atoms. The van der Waals surface area contributed by atoms with E-state index in [1.807, 2.05) is 0 Å². The summed E-state index contributed by atoms with van der Waals surface area (Å²) < 4.78 is 30.1. The minimum atomic E-state index is -5.08. The van der Waals surface area contributed by atoms with Crippen molar-refractivity contribution < 1.29 is 73.6 Å². The number of nitrogen functional groups attached to an aromatic ring is 1. The largest absolute Gasteiger partial charge is 0.479 e. The monoisotopic (exact) mass is 728 g/mol.